The zero-order chi connectivity index (χ0) is 14.8. The van der Waals surface area contributed by atoms with Crippen molar-refractivity contribution < 1.29 is 12.8 Å². The van der Waals surface area contributed by atoms with Gasteiger partial charge in [0.05, 0.1) is 0 Å². The Bertz CT molecular complexity index is 569. The molecular formula is C13H20FN3O2S. The van der Waals surface area contributed by atoms with Gasteiger partial charge in [0, 0.05) is 31.9 Å². The van der Waals surface area contributed by atoms with Gasteiger partial charge in [0.25, 0.3) is 0 Å². The molecule has 1 aromatic rings. The minimum atomic E-state index is -3.77. The topological polar surface area (TPSA) is 66.6 Å². The first-order valence-electron chi connectivity index (χ1n) is 6.72. The summed E-state index contributed by atoms with van der Waals surface area (Å²) in [5, 5.41) is 0. The van der Waals surface area contributed by atoms with Crippen molar-refractivity contribution in [3.63, 3.8) is 0 Å². The monoisotopic (exact) mass is 301 g/mol. The minimum Gasteiger partial charge on any atom is -0.399 e. The molecule has 7 heteroatoms. The maximum absolute atomic E-state index is 13.8. The second-order valence-electron chi connectivity index (χ2n) is 4.94. The molecule has 0 aromatic heterocycles. The third kappa shape index (κ3) is 3.11. The summed E-state index contributed by atoms with van der Waals surface area (Å²) >= 11 is 0. The fourth-order valence-electron chi connectivity index (χ4n) is 2.38. The van der Waals surface area contributed by atoms with Crippen LogP contribution in [0.4, 0.5) is 10.1 Å². The van der Waals surface area contributed by atoms with Crippen molar-refractivity contribution in [2.75, 3.05) is 38.5 Å². The maximum Gasteiger partial charge on any atom is 0.246 e. The molecule has 20 heavy (non-hydrogen) atoms. The number of benzene rings is 1. The Kier molecular flexibility index (Phi) is 4.62. The molecule has 5 nitrogen and oxygen atoms in total. The van der Waals surface area contributed by atoms with Gasteiger partial charge in [0.15, 0.2) is 0 Å². The molecule has 0 aliphatic carbocycles. The highest BCUT2D eigenvalue weighted by Crippen LogP contribution is 2.22. The van der Waals surface area contributed by atoms with Gasteiger partial charge in [-0.05, 0) is 31.2 Å². The van der Waals surface area contributed by atoms with Crippen LogP contribution in [0.1, 0.15) is 13.3 Å². The second-order valence-corrected chi connectivity index (χ2v) is 6.84. The third-order valence-corrected chi connectivity index (χ3v) is 5.38. The molecule has 0 amide bonds. The highest BCUT2D eigenvalue weighted by Gasteiger charge is 2.30. The fraction of sp³-hybridized carbons (Fsp3) is 0.538. The lowest BCUT2D eigenvalue weighted by Gasteiger charge is -2.33. The molecule has 1 aliphatic rings. The van der Waals surface area contributed by atoms with Gasteiger partial charge in [-0.15, -0.1) is 0 Å². The van der Waals surface area contributed by atoms with Crippen LogP contribution in [0, 0.1) is 5.82 Å². The van der Waals surface area contributed by atoms with Crippen molar-refractivity contribution in [1.82, 2.24) is 9.21 Å². The van der Waals surface area contributed by atoms with Crippen molar-refractivity contribution in [2.45, 2.75) is 18.2 Å². The van der Waals surface area contributed by atoms with Crippen molar-refractivity contribution in [3.8, 4) is 0 Å². The van der Waals surface area contributed by atoms with E-state index < -0.39 is 15.8 Å². The quantitative estimate of drug-likeness (QED) is 0.847. The number of nitrogen functional groups attached to an aromatic ring is 1. The predicted molar refractivity (Wildman–Crippen MR) is 76.3 cm³/mol. The van der Waals surface area contributed by atoms with E-state index in [1.54, 1.807) is 0 Å². The first-order valence-corrected chi connectivity index (χ1v) is 8.16. The summed E-state index contributed by atoms with van der Waals surface area (Å²) in [5.74, 6) is -0.791. The summed E-state index contributed by atoms with van der Waals surface area (Å²) in [7, 11) is -3.77. The van der Waals surface area contributed by atoms with E-state index in [0.717, 1.165) is 19.0 Å². The van der Waals surface area contributed by atoms with Gasteiger partial charge in [-0.25, -0.2) is 12.8 Å². The van der Waals surface area contributed by atoms with Gasteiger partial charge in [0.2, 0.25) is 10.0 Å². The molecule has 0 bridgehead atoms. The Morgan fingerprint density at radius 3 is 2.45 bits per heavy atom. The minimum absolute atomic E-state index is 0.217. The van der Waals surface area contributed by atoms with Crippen LogP contribution in [-0.4, -0.2) is 50.3 Å². The van der Waals surface area contributed by atoms with Crippen LogP contribution in [-0.2, 0) is 10.0 Å². The molecule has 2 N–H and O–H groups in total. The molecular weight excluding hydrogens is 281 g/mol. The highest BCUT2D eigenvalue weighted by atomic mass is 32.2. The Morgan fingerprint density at radius 1 is 1.25 bits per heavy atom. The molecule has 1 saturated heterocycles. The van der Waals surface area contributed by atoms with E-state index in [9.17, 15) is 12.8 Å². The van der Waals surface area contributed by atoms with Gasteiger partial charge in [0.1, 0.15) is 10.7 Å². The molecule has 0 atom stereocenters. The lowest BCUT2D eigenvalue weighted by Crippen LogP contribution is -2.48. The second kappa shape index (κ2) is 6.07. The van der Waals surface area contributed by atoms with E-state index >= 15 is 0 Å². The standard InChI is InChI=1S/C13H20FN3O2S/c1-2-5-16-6-8-17(9-7-16)20(18,19)13-4-3-11(15)10-12(13)14/h3-4,10H,2,5-9,15H2,1H3. The van der Waals surface area contributed by atoms with Gasteiger partial charge in [-0.1, -0.05) is 6.92 Å². The normalized spacial score (nSPS) is 18.3. The van der Waals surface area contributed by atoms with Crippen molar-refractivity contribution in [3.05, 3.63) is 24.0 Å². The van der Waals surface area contributed by atoms with Crippen LogP contribution in [0.2, 0.25) is 0 Å². The summed E-state index contributed by atoms with van der Waals surface area (Å²) in [6.45, 7) is 5.21. The number of sulfonamides is 1. The zero-order valence-corrected chi connectivity index (χ0v) is 12.4. The number of nitrogens with zero attached hydrogens (tertiary/aromatic N) is 2. The van der Waals surface area contributed by atoms with Crippen LogP contribution < -0.4 is 5.73 Å². The number of halogens is 1. The molecule has 0 saturated carbocycles. The summed E-state index contributed by atoms with van der Waals surface area (Å²) in [5.41, 5.74) is 5.66. The third-order valence-electron chi connectivity index (χ3n) is 3.44. The number of hydrogen-bond acceptors (Lipinski definition) is 4. The van der Waals surface area contributed by atoms with Crippen LogP contribution in [0.3, 0.4) is 0 Å². The number of rotatable bonds is 4. The lowest BCUT2D eigenvalue weighted by molar-refractivity contribution is 0.188. The average molecular weight is 301 g/mol. The molecule has 1 fully saturated rings. The van der Waals surface area contributed by atoms with E-state index in [2.05, 4.69) is 11.8 Å². The van der Waals surface area contributed by atoms with Crippen LogP contribution in [0.25, 0.3) is 0 Å². The molecule has 112 valence electrons. The summed E-state index contributed by atoms with van der Waals surface area (Å²) in [4.78, 5) is 1.92. The molecule has 0 spiro atoms. The molecule has 0 unspecified atom stereocenters. The van der Waals surface area contributed by atoms with Crippen LogP contribution in [0.15, 0.2) is 23.1 Å². The summed E-state index contributed by atoms with van der Waals surface area (Å²) < 4.78 is 40.0. The van der Waals surface area contributed by atoms with Gasteiger partial charge in [-0.3, -0.25) is 0 Å². The van der Waals surface area contributed by atoms with Crippen LogP contribution in [0.5, 0.6) is 0 Å². The molecule has 1 aromatic carbocycles. The largest absolute Gasteiger partial charge is 0.399 e. The van der Waals surface area contributed by atoms with E-state index in [0.29, 0.717) is 26.2 Å². The average Bonchev–Trinajstić information content (AvgIpc) is 2.39. The van der Waals surface area contributed by atoms with E-state index in [-0.39, 0.29) is 10.6 Å². The summed E-state index contributed by atoms with van der Waals surface area (Å²) in [6, 6.07) is 3.68. The van der Waals surface area contributed by atoms with E-state index in [4.69, 9.17) is 5.73 Å². The molecule has 2 rings (SSSR count). The highest BCUT2D eigenvalue weighted by molar-refractivity contribution is 7.89. The molecule has 1 aliphatic heterocycles. The SMILES string of the molecule is CCCN1CCN(S(=O)(=O)c2ccc(N)cc2F)CC1. The lowest BCUT2D eigenvalue weighted by atomic mass is 10.3. The Labute approximate surface area is 119 Å². The summed E-state index contributed by atoms with van der Waals surface area (Å²) in [6.07, 6.45) is 1.04. The fourth-order valence-corrected chi connectivity index (χ4v) is 3.84. The molecule has 1 heterocycles. The van der Waals surface area contributed by atoms with Gasteiger partial charge in [-0.2, -0.15) is 4.31 Å². The first kappa shape index (κ1) is 15.2. The van der Waals surface area contributed by atoms with E-state index in [1.165, 1.54) is 16.4 Å². The number of anilines is 1. The van der Waals surface area contributed by atoms with Crippen molar-refractivity contribution in [2.24, 2.45) is 0 Å². The Balaban J connectivity index is 2.15. The van der Waals surface area contributed by atoms with Gasteiger partial charge >= 0.3 is 0 Å². The van der Waals surface area contributed by atoms with E-state index in [1.807, 2.05) is 0 Å². The van der Waals surface area contributed by atoms with Crippen LogP contribution >= 0.6 is 0 Å². The molecule has 0 radical (unpaired) electrons. The smallest absolute Gasteiger partial charge is 0.246 e. The van der Waals surface area contributed by atoms with Gasteiger partial charge < -0.3 is 10.6 Å². The number of piperazine rings is 1. The van der Waals surface area contributed by atoms with Crippen molar-refractivity contribution >= 4 is 15.7 Å². The van der Waals surface area contributed by atoms with Crippen molar-refractivity contribution in [1.29, 1.82) is 0 Å². The Morgan fingerprint density at radius 2 is 1.90 bits per heavy atom. The predicted octanol–water partition coefficient (Wildman–Crippen LogP) is 1.12. The number of hydrogen-bond donors (Lipinski definition) is 1. The zero-order valence-electron chi connectivity index (χ0n) is 11.5. The Hall–Kier alpha value is -1.18. The maximum atomic E-state index is 13.8. The number of nitrogens with two attached hydrogens (primary N) is 1. The first-order chi connectivity index (χ1) is 9.45.